The van der Waals surface area contributed by atoms with Crippen LogP contribution in [0.15, 0.2) is 29.3 Å². The number of aromatic hydroxyl groups is 1. The van der Waals surface area contributed by atoms with Crippen molar-refractivity contribution in [2.24, 2.45) is 5.41 Å². The lowest BCUT2D eigenvalue weighted by atomic mass is 9.88. The van der Waals surface area contributed by atoms with E-state index in [1.165, 1.54) is 44.8 Å². The number of fused-ring (bicyclic) bond motifs is 1. The van der Waals surface area contributed by atoms with Gasteiger partial charge in [0, 0.05) is 99.1 Å². The minimum absolute atomic E-state index is 0.0146. The van der Waals surface area contributed by atoms with Gasteiger partial charge in [0.1, 0.15) is 11.0 Å². The summed E-state index contributed by atoms with van der Waals surface area (Å²) in [4.78, 5) is 57.4. The Labute approximate surface area is 290 Å². The molecule has 48 heavy (non-hydrogen) atoms. The van der Waals surface area contributed by atoms with E-state index in [1.807, 2.05) is 11.0 Å². The van der Waals surface area contributed by atoms with E-state index in [0.29, 0.717) is 63.0 Å². The lowest BCUT2D eigenvalue weighted by Crippen LogP contribution is -2.48. The number of carbonyl (C=O) groups excluding carboxylic acids is 4. The highest BCUT2D eigenvalue weighted by molar-refractivity contribution is 7.79. The normalized spacial score (nSPS) is 15.8. The molecule has 0 saturated carbocycles. The predicted molar refractivity (Wildman–Crippen MR) is 193 cm³/mol. The van der Waals surface area contributed by atoms with Crippen LogP contribution in [0, 0.1) is 5.41 Å². The number of imide groups is 1. The third kappa shape index (κ3) is 10.9. The summed E-state index contributed by atoms with van der Waals surface area (Å²) in [6.45, 7) is 15.8. The van der Waals surface area contributed by atoms with Crippen molar-refractivity contribution in [3.8, 4) is 5.75 Å². The van der Waals surface area contributed by atoms with Gasteiger partial charge in [-0.2, -0.15) is 0 Å². The van der Waals surface area contributed by atoms with Crippen LogP contribution in [0.3, 0.4) is 0 Å². The van der Waals surface area contributed by atoms with E-state index >= 15 is 0 Å². The Morgan fingerprint density at radius 3 is 2.25 bits per heavy atom. The Bertz CT molecular complexity index is 1450. The van der Waals surface area contributed by atoms with Crippen molar-refractivity contribution in [2.75, 3.05) is 39.3 Å². The van der Waals surface area contributed by atoms with Crippen LogP contribution in [-0.2, 0) is 43.9 Å². The highest BCUT2D eigenvalue weighted by Gasteiger charge is 2.28. The van der Waals surface area contributed by atoms with E-state index < -0.39 is 0 Å². The third-order valence-electron chi connectivity index (χ3n) is 8.92. The fourth-order valence-electron chi connectivity index (χ4n) is 6.41. The quantitative estimate of drug-likeness (QED) is 0.0949. The third-order valence-corrected chi connectivity index (χ3v) is 10.1. The van der Waals surface area contributed by atoms with Crippen LogP contribution in [0.4, 0.5) is 0 Å². The summed E-state index contributed by atoms with van der Waals surface area (Å²) in [5, 5.41) is 16.8. The molecule has 11 heteroatoms. The van der Waals surface area contributed by atoms with Gasteiger partial charge in [-0.15, -0.1) is 0 Å². The minimum atomic E-state index is -0.262. The average molecular weight is 683 g/mol. The van der Waals surface area contributed by atoms with Gasteiger partial charge in [0.15, 0.2) is 0 Å². The van der Waals surface area contributed by atoms with Crippen molar-refractivity contribution < 1.29 is 24.3 Å². The van der Waals surface area contributed by atoms with Gasteiger partial charge >= 0.3 is 0 Å². The maximum absolute atomic E-state index is 12.9. The molecule has 0 bridgehead atoms. The van der Waals surface area contributed by atoms with Crippen molar-refractivity contribution in [1.29, 1.82) is 0 Å². The van der Waals surface area contributed by atoms with Crippen molar-refractivity contribution in [3.05, 3.63) is 35.4 Å². The Balaban J connectivity index is 1.13. The van der Waals surface area contributed by atoms with Crippen LogP contribution in [0.5, 0.6) is 5.75 Å². The Kier molecular flexibility index (Phi) is 13.6. The van der Waals surface area contributed by atoms with E-state index in [1.54, 1.807) is 0 Å². The molecule has 0 atom stereocenters. The Morgan fingerprint density at radius 1 is 0.917 bits per heavy atom. The summed E-state index contributed by atoms with van der Waals surface area (Å²) in [5.74, 6) is -0.00829. The smallest absolute Gasteiger partial charge is 0.253 e. The molecule has 264 valence electrons. The highest BCUT2D eigenvalue weighted by Crippen LogP contribution is 2.36. The zero-order valence-electron chi connectivity index (χ0n) is 29.6. The maximum Gasteiger partial charge on any atom is 0.253 e. The molecule has 3 heterocycles. The molecule has 10 nitrogen and oxygen atoms in total. The number of aromatic nitrogens is 1. The van der Waals surface area contributed by atoms with E-state index in [2.05, 4.69) is 55.9 Å². The summed E-state index contributed by atoms with van der Waals surface area (Å²) in [5.41, 5.74) is 3.47. The van der Waals surface area contributed by atoms with Gasteiger partial charge < -0.3 is 20.3 Å². The molecule has 2 aromatic rings. The van der Waals surface area contributed by atoms with Gasteiger partial charge in [0.2, 0.25) is 16.8 Å². The van der Waals surface area contributed by atoms with Crippen LogP contribution in [-0.4, -0.2) is 92.9 Å². The van der Waals surface area contributed by atoms with Crippen LogP contribution in [0.25, 0.3) is 10.9 Å². The monoisotopic (exact) mass is 682 g/mol. The zero-order chi connectivity index (χ0) is 34.8. The molecule has 4 rings (SSSR count). The molecule has 1 aromatic carbocycles. The van der Waals surface area contributed by atoms with Crippen LogP contribution in [0.1, 0.15) is 97.1 Å². The molecule has 0 spiro atoms. The number of piperazine rings is 1. The predicted octanol–water partition coefficient (Wildman–Crippen LogP) is 4.85. The number of nitrogens with one attached hydrogen (secondary N) is 2. The summed E-state index contributed by atoms with van der Waals surface area (Å²) in [6, 6.07) is 3.90. The van der Waals surface area contributed by atoms with Gasteiger partial charge in [0.25, 0.3) is 11.8 Å². The number of phenolic OH excluding ortho intramolecular Hbond substituents is 1. The largest absolute Gasteiger partial charge is 0.508 e. The minimum Gasteiger partial charge on any atom is -0.508 e. The van der Waals surface area contributed by atoms with E-state index in [4.69, 9.17) is 0 Å². The standard InChI is InChI=1S/C37H55N5O5S/c1-26(2)48-36-28(24-37(3,4)5)27-14-15-30(43)29(35(27)39-36)25-40-20-22-41(23-21-40)32(45)13-9-6-10-18-38-31(44)12-8-7-11-19-42-33(46)16-17-34(42)47/h14-17,26,39,43H,6-13,18-25H2,1-5H3,(H,38,44)/p+1. The second-order valence-electron chi connectivity index (χ2n) is 14.7. The summed E-state index contributed by atoms with van der Waals surface area (Å²) < 4.78 is 0. The number of rotatable bonds is 17. The second-order valence-corrected chi connectivity index (χ2v) is 16.4. The first-order chi connectivity index (χ1) is 22.8. The SMILES string of the molecule is CC(C)[SH+]c1[nH]c2c(CN3CCN(C(=O)CCCCCNC(=O)CCCCCN4C(=O)C=CC4=O)CC3)c(O)ccc2c1CC(C)(C)C. The van der Waals surface area contributed by atoms with Gasteiger partial charge in [-0.3, -0.25) is 29.0 Å². The number of nitrogens with zero attached hydrogens (tertiary/aromatic N) is 3. The van der Waals surface area contributed by atoms with Crippen molar-refractivity contribution in [1.82, 2.24) is 25.0 Å². The molecule has 2 aliphatic heterocycles. The molecular formula is C37H56N5O5S+. The number of hydrogen-bond acceptors (Lipinski definition) is 6. The molecule has 0 unspecified atom stereocenters. The van der Waals surface area contributed by atoms with Crippen LogP contribution in [0.2, 0.25) is 0 Å². The van der Waals surface area contributed by atoms with Gasteiger partial charge in [-0.1, -0.05) is 33.6 Å². The fourth-order valence-corrected chi connectivity index (χ4v) is 7.45. The number of hydrogen-bond donors (Lipinski definition) is 3. The number of thiol groups is 1. The van der Waals surface area contributed by atoms with E-state index in [0.717, 1.165) is 62.7 Å². The number of amides is 4. The highest BCUT2D eigenvalue weighted by atomic mass is 32.2. The summed E-state index contributed by atoms with van der Waals surface area (Å²) >= 11 is 1.27. The molecule has 0 aliphatic carbocycles. The molecule has 1 fully saturated rings. The van der Waals surface area contributed by atoms with Gasteiger partial charge in [-0.05, 0) is 63.5 Å². The molecule has 2 aliphatic rings. The van der Waals surface area contributed by atoms with E-state index in [-0.39, 0.29) is 29.0 Å². The van der Waals surface area contributed by atoms with Crippen LogP contribution < -0.4 is 5.32 Å². The fraction of sp³-hybridized carbons (Fsp3) is 0.622. The molecular weight excluding hydrogens is 627 g/mol. The molecule has 4 amide bonds. The number of unbranched alkanes of at least 4 members (excludes halogenated alkanes) is 4. The molecule has 1 aromatic heterocycles. The van der Waals surface area contributed by atoms with Crippen molar-refractivity contribution in [3.63, 3.8) is 0 Å². The number of aromatic amines is 1. The maximum atomic E-state index is 12.9. The first kappa shape index (κ1) is 37.5. The van der Waals surface area contributed by atoms with Gasteiger partial charge in [0.05, 0.1) is 5.52 Å². The molecule has 3 N–H and O–H groups in total. The average Bonchev–Trinajstić information content (AvgIpc) is 3.52. The van der Waals surface area contributed by atoms with E-state index in [9.17, 15) is 24.3 Å². The lowest BCUT2D eigenvalue weighted by molar-refractivity contribution is -0.137. The number of phenols is 1. The van der Waals surface area contributed by atoms with Gasteiger partial charge in [-0.25, -0.2) is 0 Å². The topological polar surface area (TPSA) is 126 Å². The Morgan fingerprint density at radius 2 is 1.58 bits per heavy atom. The summed E-state index contributed by atoms with van der Waals surface area (Å²) in [6.07, 6.45) is 9.21. The summed E-state index contributed by atoms with van der Waals surface area (Å²) in [7, 11) is 0. The number of H-pyrrole nitrogens is 1. The first-order valence-corrected chi connectivity index (χ1v) is 18.7. The number of carbonyl (C=O) groups is 4. The number of benzene rings is 1. The Hall–Kier alpha value is -3.31. The van der Waals surface area contributed by atoms with Crippen LogP contribution >= 0.6 is 0 Å². The lowest BCUT2D eigenvalue weighted by Gasteiger charge is -2.35. The van der Waals surface area contributed by atoms with Crippen molar-refractivity contribution in [2.45, 2.75) is 109 Å². The molecule has 1 saturated heterocycles. The first-order valence-electron chi connectivity index (χ1n) is 17.7. The zero-order valence-corrected chi connectivity index (χ0v) is 30.5. The molecule has 0 radical (unpaired) electrons. The second kappa shape index (κ2) is 17.4. The van der Waals surface area contributed by atoms with Crippen molar-refractivity contribution >= 4 is 46.3 Å².